The number of carbonyl (C=O) groups excluding carboxylic acids is 1. The third kappa shape index (κ3) is 7.80. The van der Waals surface area contributed by atoms with Gasteiger partial charge in [-0.05, 0) is 49.2 Å². The highest BCUT2D eigenvalue weighted by Crippen LogP contribution is 2.30. The van der Waals surface area contributed by atoms with Crippen molar-refractivity contribution in [2.24, 2.45) is 0 Å². The molecule has 2 rings (SSSR count). The molecule has 8 heteroatoms. The van der Waals surface area contributed by atoms with Crippen molar-refractivity contribution in [1.82, 2.24) is 0 Å². The lowest BCUT2D eigenvalue weighted by Gasteiger charge is -2.11. The molecule has 2 aromatic rings. The molecule has 1 N–H and O–H groups in total. The largest absolute Gasteiger partial charge is 0.493 e. The maximum absolute atomic E-state index is 12.5. The first-order valence-electron chi connectivity index (χ1n) is 9.32. The molecular formula is C22H22F2N2O4. The van der Waals surface area contributed by atoms with Crippen molar-refractivity contribution in [1.29, 1.82) is 5.26 Å². The molecule has 0 atom stereocenters. The number of ether oxygens (including phenoxy) is 3. The normalized spacial score (nSPS) is 10.6. The van der Waals surface area contributed by atoms with E-state index in [1.165, 1.54) is 24.3 Å². The van der Waals surface area contributed by atoms with E-state index in [2.05, 4.69) is 10.1 Å². The van der Waals surface area contributed by atoms with E-state index in [1.807, 2.05) is 6.07 Å². The monoisotopic (exact) mass is 416 g/mol. The quantitative estimate of drug-likeness (QED) is 0.411. The number of nitrogens with zero attached hydrogens (tertiary/aromatic N) is 1. The Morgan fingerprint density at radius 2 is 2.03 bits per heavy atom. The highest BCUT2D eigenvalue weighted by Gasteiger charge is 2.11. The number of halogens is 2. The number of carbonyl (C=O) groups is 1. The molecule has 158 valence electrons. The van der Waals surface area contributed by atoms with Gasteiger partial charge in [0.05, 0.1) is 19.3 Å². The molecule has 0 bridgehead atoms. The number of rotatable bonds is 11. The van der Waals surface area contributed by atoms with E-state index in [0.717, 1.165) is 0 Å². The smallest absolute Gasteiger partial charge is 0.387 e. The molecule has 0 aliphatic rings. The van der Waals surface area contributed by atoms with Crippen LogP contribution in [0, 0.1) is 11.3 Å². The van der Waals surface area contributed by atoms with E-state index in [0.29, 0.717) is 36.4 Å². The van der Waals surface area contributed by atoms with Crippen LogP contribution in [0.4, 0.5) is 14.5 Å². The molecule has 0 radical (unpaired) electrons. The Balaban J connectivity index is 1.99. The topological polar surface area (TPSA) is 80.6 Å². The molecule has 0 unspecified atom stereocenters. The minimum Gasteiger partial charge on any atom is -0.493 e. The first-order chi connectivity index (χ1) is 14.5. The molecule has 0 aliphatic heterocycles. The van der Waals surface area contributed by atoms with Crippen molar-refractivity contribution in [3.05, 3.63) is 54.1 Å². The van der Waals surface area contributed by atoms with Crippen LogP contribution in [0.3, 0.4) is 0 Å². The van der Waals surface area contributed by atoms with Crippen molar-refractivity contribution in [2.75, 3.05) is 18.5 Å². The van der Waals surface area contributed by atoms with Crippen molar-refractivity contribution in [2.45, 2.75) is 26.4 Å². The summed E-state index contributed by atoms with van der Waals surface area (Å²) in [5.41, 5.74) is 1.14. The summed E-state index contributed by atoms with van der Waals surface area (Å²) in [5, 5.41) is 11.2. The Labute approximate surface area is 173 Å². The number of amides is 1. The van der Waals surface area contributed by atoms with Crippen molar-refractivity contribution < 1.29 is 27.8 Å². The number of nitrogens with one attached hydrogen (secondary N) is 1. The second-order valence-electron chi connectivity index (χ2n) is 5.98. The Hall–Kier alpha value is -3.60. The molecule has 2 aromatic carbocycles. The van der Waals surface area contributed by atoms with E-state index in [-0.39, 0.29) is 24.0 Å². The Morgan fingerprint density at radius 1 is 1.20 bits per heavy atom. The Bertz CT molecular complexity index is 910. The fourth-order valence-corrected chi connectivity index (χ4v) is 2.45. The van der Waals surface area contributed by atoms with Gasteiger partial charge >= 0.3 is 6.61 Å². The fraction of sp³-hybridized carbons (Fsp3) is 0.273. The van der Waals surface area contributed by atoms with Crippen LogP contribution in [0.15, 0.2) is 48.5 Å². The first kappa shape index (κ1) is 22.7. The van der Waals surface area contributed by atoms with E-state index in [4.69, 9.17) is 14.7 Å². The molecule has 0 aliphatic carbocycles. The Morgan fingerprint density at radius 3 is 2.77 bits per heavy atom. The SMILES string of the molecule is CCOc1cc(/C=C/C(=O)Nc2cccc(OCCCC#N)c2)ccc1OC(F)F. The standard InChI is InChI=1S/C22H22F2N2O4/c1-2-28-20-14-16(8-10-19(20)30-22(23)24)9-11-21(27)26-17-6-5-7-18(15-17)29-13-4-3-12-25/h5-11,14-15,22H,2-4,13H2,1H3,(H,26,27)/b11-9+. The predicted molar refractivity (Wildman–Crippen MR) is 109 cm³/mol. The molecule has 0 saturated carbocycles. The van der Waals surface area contributed by atoms with Gasteiger partial charge in [0.15, 0.2) is 11.5 Å². The van der Waals surface area contributed by atoms with Gasteiger partial charge in [-0.15, -0.1) is 0 Å². The lowest BCUT2D eigenvalue weighted by atomic mass is 10.2. The van der Waals surface area contributed by atoms with Crippen LogP contribution < -0.4 is 19.5 Å². The summed E-state index contributed by atoms with van der Waals surface area (Å²) in [6, 6.07) is 13.4. The molecule has 1 amide bonds. The zero-order valence-corrected chi connectivity index (χ0v) is 16.4. The zero-order valence-electron chi connectivity index (χ0n) is 16.4. The summed E-state index contributed by atoms with van der Waals surface area (Å²) in [5.74, 6) is 0.315. The lowest BCUT2D eigenvalue weighted by Crippen LogP contribution is -2.08. The molecule has 0 saturated heterocycles. The van der Waals surface area contributed by atoms with Crippen molar-refractivity contribution in [3.8, 4) is 23.3 Å². The average molecular weight is 416 g/mol. The average Bonchev–Trinajstić information content (AvgIpc) is 2.71. The first-order valence-corrected chi connectivity index (χ1v) is 9.32. The second kappa shape index (κ2) is 12.1. The predicted octanol–water partition coefficient (Wildman–Crippen LogP) is 5.02. The van der Waals surface area contributed by atoms with Crippen molar-refractivity contribution in [3.63, 3.8) is 0 Å². The third-order valence-electron chi connectivity index (χ3n) is 3.71. The number of hydrogen-bond donors (Lipinski definition) is 1. The molecule has 0 heterocycles. The van der Waals surface area contributed by atoms with Crippen LogP contribution in [0.5, 0.6) is 17.2 Å². The number of nitriles is 1. The van der Waals surface area contributed by atoms with Crippen LogP contribution >= 0.6 is 0 Å². The van der Waals surface area contributed by atoms with Crippen LogP contribution in [-0.2, 0) is 4.79 Å². The summed E-state index contributed by atoms with van der Waals surface area (Å²) in [4.78, 5) is 12.2. The van der Waals surface area contributed by atoms with E-state index >= 15 is 0 Å². The maximum atomic E-state index is 12.5. The van der Waals surface area contributed by atoms with Crippen LogP contribution in [0.25, 0.3) is 6.08 Å². The lowest BCUT2D eigenvalue weighted by molar-refractivity contribution is -0.111. The van der Waals surface area contributed by atoms with Gasteiger partial charge in [0.2, 0.25) is 5.91 Å². The molecule has 30 heavy (non-hydrogen) atoms. The number of benzene rings is 2. The summed E-state index contributed by atoms with van der Waals surface area (Å²) >= 11 is 0. The minimum absolute atomic E-state index is 0.0694. The van der Waals surface area contributed by atoms with E-state index in [9.17, 15) is 13.6 Å². The number of alkyl halides is 2. The Kier molecular flexibility index (Phi) is 9.13. The molecule has 6 nitrogen and oxygen atoms in total. The molecular weight excluding hydrogens is 394 g/mol. The number of hydrogen-bond acceptors (Lipinski definition) is 5. The summed E-state index contributed by atoms with van der Waals surface area (Å²) in [6.07, 6.45) is 3.90. The van der Waals surface area contributed by atoms with Gasteiger partial charge < -0.3 is 19.5 Å². The summed E-state index contributed by atoms with van der Waals surface area (Å²) in [7, 11) is 0. The number of unbranched alkanes of at least 4 members (excludes halogenated alkanes) is 1. The molecule has 0 fully saturated rings. The molecule has 0 aromatic heterocycles. The highest BCUT2D eigenvalue weighted by atomic mass is 19.3. The second-order valence-corrected chi connectivity index (χ2v) is 5.98. The van der Waals surface area contributed by atoms with Crippen LogP contribution in [-0.4, -0.2) is 25.7 Å². The summed E-state index contributed by atoms with van der Waals surface area (Å²) < 4.78 is 40.2. The summed E-state index contributed by atoms with van der Waals surface area (Å²) in [6.45, 7) is -0.535. The van der Waals surface area contributed by atoms with Gasteiger partial charge in [0.25, 0.3) is 0 Å². The van der Waals surface area contributed by atoms with Gasteiger partial charge in [-0.3, -0.25) is 4.79 Å². The van der Waals surface area contributed by atoms with Crippen molar-refractivity contribution >= 4 is 17.7 Å². The number of anilines is 1. The fourth-order valence-electron chi connectivity index (χ4n) is 2.45. The maximum Gasteiger partial charge on any atom is 0.387 e. The highest BCUT2D eigenvalue weighted by molar-refractivity contribution is 6.02. The van der Waals surface area contributed by atoms with E-state index in [1.54, 1.807) is 37.3 Å². The van der Waals surface area contributed by atoms with Gasteiger partial charge in [-0.2, -0.15) is 14.0 Å². The third-order valence-corrected chi connectivity index (χ3v) is 3.71. The van der Waals surface area contributed by atoms with Gasteiger partial charge in [-0.25, -0.2) is 0 Å². The van der Waals surface area contributed by atoms with Gasteiger partial charge in [0.1, 0.15) is 5.75 Å². The van der Waals surface area contributed by atoms with Crippen LogP contribution in [0.1, 0.15) is 25.3 Å². The van der Waals surface area contributed by atoms with Gasteiger partial charge in [0, 0.05) is 24.3 Å². The van der Waals surface area contributed by atoms with Gasteiger partial charge in [-0.1, -0.05) is 12.1 Å². The minimum atomic E-state index is -2.96. The molecule has 0 spiro atoms. The zero-order chi connectivity index (χ0) is 21.8. The van der Waals surface area contributed by atoms with Crippen LogP contribution in [0.2, 0.25) is 0 Å². The van der Waals surface area contributed by atoms with E-state index < -0.39 is 6.61 Å².